The maximum atomic E-state index is 13.4. The van der Waals surface area contributed by atoms with Crippen LogP contribution in [-0.4, -0.2) is 35.0 Å². The van der Waals surface area contributed by atoms with Gasteiger partial charge in [0.2, 0.25) is 0 Å². The fraction of sp³-hybridized carbons (Fsp3) is 0.440. The highest BCUT2D eigenvalue weighted by molar-refractivity contribution is 6.04. The van der Waals surface area contributed by atoms with Gasteiger partial charge in [-0.1, -0.05) is 27.2 Å². The molecule has 2 aromatic carbocycles. The van der Waals surface area contributed by atoms with Crippen LogP contribution >= 0.6 is 0 Å². The monoisotopic (exact) mass is 484 g/mol. The molecule has 0 saturated heterocycles. The number of rotatable bonds is 7. The van der Waals surface area contributed by atoms with Crippen LogP contribution < -0.4 is 0 Å². The summed E-state index contributed by atoms with van der Waals surface area (Å²) >= 11 is 0. The van der Waals surface area contributed by atoms with Crippen molar-refractivity contribution in [3.05, 3.63) is 67.8 Å². The van der Waals surface area contributed by atoms with Gasteiger partial charge in [-0.05, 0) is 42.7 Å². The normalized spacial score (nSPS) is 19.7. The van der Waals surface area contributed by atoms with Gasteiger partial charge in [0.15, 0.2) is 0 Å². The van der Waals surface area contributed by atoms with Crippen molar-refractivity contribution >= 4 is 23.3 Å². The van der Waals surface area contributed by atoms with E-state index in [-0.39, 0.29) is 45.7 Å². The van der Waals surface area contributed by atoms with Crippen molar-refractivity contribution in [2.75, 3.05) is 7.11 Å². The van der Waals surface area contributed by atoms with E-state index in [0.29, 0.717) is 18.3 Å². The van der Waals surface area contributed by atoms with Gasteiger partial charge in [-0.3, -0.25) is 20.2 Å². The Bertz CT molecular complexity index is 1160. The predicted molar refractivity (Wildman–Crippen MR) is 127 cm³/mol. The van der Waals surface area contributed by atoms with Gasteiger partial charge in [-0.25, -0.2) is 9.59 Å². The fourth-order valence-electron chi connectivity index (χ4n) is 4.65. The summed E-state index contributed by atoms with van der Waals surface area (Å²) < 4.78 is 10.7. The second-order valence-electron chi connectivity index (χ2n) is 9.24. The number of esters is 2. The van der Waals surface area contributed by atoms with Crippen LogP contribution in [0.3, 0.4) is 0 Å². The molecular formula is C25H28N2O8. The molecule has 2 aromatic rings. The molecule has 0 unspecified atom stereocenters. The number of methoxy groups -OCH3 is 1. The van der Waals surface area contributed by atoms with Crippen LogP contribution in [0.15, 0.2) is 36.4 Å². The van der Waals surface area contributed by atoms with Gasteiger partial charge in [-0.15, -0.1) is 0 Å². The van der Waals surface area contributed by atoms with Gasteiger partial charge in [0.25, 0.3) is 11.4 Å². The highest BCUT2D eigenvalue weighted by Gasteiger charge is 2.34. The van der Waals surface area contributed by atoms with Gasteiger partial charge in [0, 0.05) is 35.4 Å². The van der Waals surface area contributed by atoms with E-state index in [4.69, 9.17) is 9.47 Å². The molecule has 1 fully saturated rings. The molecule has 0 amide bonds. The molecule has 1 aliphatic rings. The molecule has 3 rings (SSSR count). The second kappa shape index (κ2) is 10.6. The molecule has 35 heavy (non-hydrogen) atoms. The van der Waals surface area contributed by atoms with Gasteiger partial charge in [-0.2, -0.15) is 0 Å². The van der Waals surface area contributed by atoms with E-state index in [0.717, 1.165) is 38.2 Å². The summed E-state index contributed by atoms with van der Waals surface area (Å²) in [6, 6.07) is 6.96. The largest absolute Gasteiger partial charge is 0.465 e. The third-order valence-electron chi connectivity index (χ3n) is 6.56. The first kappa shape index (κ1) is 25.8. The Morgan fingerprint density at radius 3 is 1.89 bits per heavy atom. The Morgan fingerprint density at radius 1 is 0.914 bits per heavy atom. The highest BCUT2D eigenvalue weighted by Crippen LogP contribution is 2.38. The standard InChI is InChI=1S/C25H28N2O8/c1-14(2)18-8-5-15(3)11-23(18)35-25(29)20-10-7-17(27(32)33)13-22(20)21-12-16(26(30)31)6-9-19(21)24(28)34-4/h6-7,9-10,12-15,18,23H,5,8,11H2,1-4H3/t15-,18+,23-/m1/s1. The molecule has 0 radical (unpaired) electrons. The fourth-order valence-corrected chi connectivity index (χ4v) is 4.65. The van der Waals surface area contributed by atoms with Crippen LogP contribution in [-0.2, 0) is 9.47 Å². The Balaban J connectivity index is 2.14. The Kier molecular flexibility index (Phi) is 7.83. The summed E-state index contributed by atoms with van der Waals surface area (Å²) in [5.41, 5.74) is -0.831. The van der Waals surface area contributed by atoms with E-state index < -0.39 is 21.8 Å². The first-order chi connectivity index (χ1) is 16.5. The lowest BCUT2D eigenvalue weighted by molar-refractivity contribution is -0.385. The average molecular weight is 485 g/mol. The van der Waals surface area contributed by atoms with Crippen molar-refractivity contribution in [2.45, 2.75) is 46.1 Å². The summed E-state index contributed by atoms with van der Waals surface area (Å²) in [5.74, 6) is -0.676. The van der Waals surface area contributed by atoms with Crippen molar-refractivity contribution in [1.29, 1.82) is 0 Å². The van der Waals surface area contributed by atoms with Crippen LogP contribution in [0.25, 0.3) is 11.1 Å². The number of benzene rings is 2. The molecular weight excluding hydrogens is 456 g/mol. The molecule has 0 heterocycles. The van der Waals surface area contributed by atoms with E-state index in [9.17, 15) is 29.8 Å². The minimum Gasteiger partial charge on any atom is -0.465 e. The quantitative estimate of drug-likeness (QED) is 0.282. The van der Waals surface area contributed by atoms with Crippen molar-refractivity contribution in [2.24, 2.45) is 17.8 Å². The average Bonchev–Trinajstić information content (AvgIpc) is 2.82. The summed E-state index contributed by atoms with van der Waals surface area (Å²) in [6.45, 7) is 6.25. The zero-order valence-electron chi connectivity index (χ0n) is 20.1. The smallest absolute Gasteiger partial charge is 0.339 e. The van der Waals surface area contributed by atoms with Gasteiger partial charge in [0.05, 0.1) is 28.1 Å². The number of hydrogen-bond acceptors (Lipinski definition) is 8. The maximum Gasteiger partial charge on any atom is 0.339 e. The Hall–Kier alpha value is -3.82. The number of carbonyl (C=O) groups excluding carboxylic acids is 2. The number of nitro benzene ring substituents is 2. The number of nitrogens with zero attached hydrogens (tertiary/aromatic N) is 2. The molecule has 1 saturated carbocycles. The predicted octanol–water partition coefficient (Wildman–Crippen LogP) is 5.57. The minimum absolute atomic E-state index is 0.0155. The molecule has 0 N–H and O–H groups in total. The Morgan fingerprint density at radius 2 is 1.43 bits per heavy atom. The van der Waals surface area contributed by atoms with E-state index in [2.05, 4.69) is 20.8 Å². The van der Waals surface area contributed by atoms with E-state index in [1.54, 1.807) is 0 Å². The zero-order valence-corrected chi connectivity index (χ0v) is 20.1. The number of hydrogen-bond donors (Lipinski definition) is 0. The lowest BCUT2D eigenvalue weighted by Gasteiger charge is -2.36. The Labute approximate surface area is 202 Å². The molecule has 0 aliphatic heterocycles. The van der Waals surface area contributed by atoms with Crippen LogP contribution in [0.1, 0.15) is 60.7 Å². The summed E-state index contributed by atoms with van der Waals surface area (Å²) in [7, 11) is 1.15. The van der Waals surface area contributed by atoms with Gasteiger partial charge >= 0.3 is 11.9 Å². The minimum atomic E-state index is -0.804. The molecule has 0 spiro atoms. The van der Waals surface area contributed by atoms with Crippen molar-refractivity contribution in [1.82, 2.24) is 0 Å². The number of non-ortho nitro benzene ring substituents is 2. The molecule has 186 valence electrons. The van der Waals surface area contributed by atoms with E-state index in [1.807, 2.05) is 0 Å². The van der Waals surface area contributed by atoms with Gasteiger partial charge in [0.1, 0.15) is 6.10 Å². The number of ether oxygens (including phenoxy) is 2. The van der Waals surface area contributed by atoms with E-state index in [1.165, 1.54) is 18.2 Å². The van der Waals surface area contributed by atoms with Crippen LogP contribution in [0.2, 0.25) is 0 Å². The van der Waals surface area contributed by atoms with Crippen LogP contribution in [0.5, 0.6) is 0 Å². The summed E-state index contributed by atoms with van der Waals surface area (Å²) in [6.07, 6.45) is 2.32. The number of nitro groups is 2. The number of carbonyl (C=O) groups is 2. The SMILES string of the molecule is COC(=O)c1ccc([N+](=O)[O-])cc1-c1cc([N+](=O)[O-])ccc1C(=O)O[C@@H]1C[C@H](C)CC[C@H]1C(C)C. The van der Waals surface area contributed by atoms with Crippen LogP contribution in [0, 0.1) is 38.0 Å². The molecule has 3 atom stereocenters. The van der Waals surface area contributed by atoms with Crippen molar-refractivity contribution < 1.29 is 28.9 Å². The lowest BCUT2D eigenvalue weighted by Crippen LogP contribution is -2.36. The van der Waals surface area contributed by atoms with Gasteiger partial charge < -0.3 is 9.47 Å². The topological polar surface area (TPSA) is 139 Å². The van der Waals surface area contributed by atoms with Crippen LogP contribution in [0.4, 0.5) is 11.4 Å². The molecule has 0 aromatic heterocycles. The maximum absolute atomic E-state index is 13.4. The molecule has 0 bridgehead atoms. The molecule has 10 heteroatoms. The first-order valence-corrected chi connectivity index (χ1v) is 11.4. The zero-order chi connectivity index (χ0) is 25.9. The van der Waals surface area contributed by atoms with Crippen molar-refractivity contribution in [3.63, 3.8) is 0 Å². The first-order valence-electron chi connectivity index (χ1n) is 11.4. The second-order valence-corrected chi connectivity index (χ2v) is 9.24. The van der Waals surface area contributed by atoms with Crippen molar-refractivity contribution in [3.8, 4) is 11.1 Å². The summed E-state index contributed by atoms with van der Waals surface area (Å²) in [5, 5.41) is 22.9. The third kappa shape index (κ3) is 5.64. The molecule has 1 aliphatic carbocycles. The molecule has 10 nitrogen and oxygen atoms in total. The lowest BCUT2D eigenvalue weighted by atomic mass is 9.75. The van der Waals surface area contributed by atoms with E-state index >= 15 is 0 Å². The highest BCUT2D eigenvalue weighted by atomic mass is 16.6. The third-order valence-corrected chi connectivity index (χ3v) is 6.56. The summed E-state index contributed by atoms with van der Waals surface area (Å²) in [4.78, 5) is 47.4.